The van der Waals surface area contributed by atoms with Crippen molar-refractivity contribution in [2.24, 2.45) is 10.8 Å². The number of hydrogen-bond donors (Lipinski definition) is 0. The Kier molecular flexibility index (Phi) is 34.8. The van der Waals surface area contributed by atoms with E-state index < -0.39 is 0 Å². The first-order valence-corrected chi connectivity index (χ1v) is 6.14. The van der Waals surface area contributed by atoms with E-state index >= 15 is 0 Å². The molecular weight excluding hydrogens is 223 g/mol. The SMILES string of the molecule is C.C.C.C.CC(C)(C)CCP.CCC(C)(C)C. The van der Waals surface area contributed by atoms with Crippen LogP contribution in [0, 0.1) is 10.8 Å². The van der Waals surface area contributed by atoms with Gasteiger partial charge in [-0.3, -0.25) is 0 Å². The van der Waals surface area contributed by atoms with Gasteiger partial charge in [-0.25, -0.2) is 0 Å². The van der Waals surface area contributed by atoms with E-state index in [9.17, 15) is 0 Å². The maximum Gasteiger partial charge on any atom is -0.0376 e. The lowest BCUT2D eigenvalue weighted by atomic mass is 9.94. The molecule has 1 atom stereocenters. The van der Waals surface area contributed by atoms with Crippen molar-refractivity contribution in [1.82, 2.24) is 0 Å². The van der Waals surface area contributed by atoms with Gasteiger partial charge in [-0.15, -0.1) is 9.24 Å². The van der Waals surface area contributed by atoms with Gasteiger partial charge >= 0.3 is 0 Å². The molecule has 1 unspecified atom stereocenters. The van der Waals surface area contributed by atoms with E-state index in [0.717, 1.165) is 0 Å². The molecule has 0 aromatic rings. The first-order valence-electron chi connectivity index (χ1n) is 5.32. The number of rotatable bonds is 1. The quantitative estimate of drug-likeness (QED) is 0.438. The Hall–Kier alpha value is 0.430. The van der Waals surface area contributed by atoms with Crippen molar-refractivity contribution >= 4 is 9.24 Å². The summed E-state index contributed by atoms with van der Waals surface area (Å²) in [5, 5.41) is 0. The van der Waals surface area contributed by atoms with E-state index in [1.807, 2.05) is 0 Å². The molecule has 0 aliphatic carbocycles. The predicted molar refractivity (Wildman–Crippen MR) is 95.3 cm³/mol. The summed E-state index contributed by atoms with van der Waals surface area (Å²) in [5.74, 6) is 0. The third-order valence-electron chi connectivity index (χ3n) is 1.95. The fourth-order valence-corrected chi connectivity index (χ4v) is 1.30. The second-order valence-electron chi connectivity index (χ2n) is 6.01. The first kappa shape index (κ1) is 36.0. The second-order valence-corrected chi connectivity index (χ2v) is 6.59. The zero-order valence-electron chi connectivity index (χ0n) is 10.7. The maximum absolute atomic E-state index is 2.74. The van der Waals surface area contributed by atoms with Gasteiger partial charge in [0.05, 0.1) is 0 Å². The van der Waals surface area contributed by atoms with Crippen LogP contribution in [-0.2, 0) is 0 Å². The average Bonchev–Trinajstić information content (AvgIpc) is 1.84. The van der Waals surface area contributed by atoms with Gasteiger partial charge in [0, 0.05) is 0 Å². The van der Waals surface area contributed by atoms with Crippen LogP contribution in [0.15, 0.2) is 0 Å². The molecule has 0 N–H and O–H groups in total. The summed E-state index contributed by atoms with van der Waals surface area (Å²) < 4.78 is 0. The van der Waals surface area contributed by atoms with Gasteiger partial charge in [-0.1, -0.05) is 84.6 Å². The third kappa shape index (κ3) is 62.0. The Labute approximate surface area is 118 Å². The van der Waals surface area contributed by atoms with Crippen LogP contribution in [0.3, 0.4) is 0 Å². The van der Waals surface area contributed by atoms with E-state index in [4.69, 9.17) is 0 Å². The molecule has 0 rings (SSSR count). The molecule has 114 valence electrons. The first-order chi connectivity index (χ1) is 5.62. The van der Waals surface area contributed by atoms with Crippen molar-refractivity contribution < 1.29 is 0 Å². The third-order valence-corrected chi connectivity index (χ3v) is 2.24. The second kappa shape index (κ2) is 16.4. The average molecular weight is 269 g/mol. The maximum atomic E-state index is 2.74. The van der Waals surface area contributed by atoms with Crippen LogP contribution in [0.4, 0.5) is 0 Å². The van der Waals surface area contributed by atoms with Gasteiger partial charge < -0.3 is 0 Å². The van der Waals surface area contributed by atoms with Crippen LogP contribution in [0.1, 0.15) is 91.0 Å². The van der Waals surface area contributed by atoms with Crippen molar-refractivity contribution in [3.05, 3.63) is 0 Å². The summed E-state index contributed by atoms with van der Waals surface area (Å²) in [7, 11) is 2.74. The highest BCUT2D eigenvalue weighted by atomic mass is 31.0. The zero-order valence-corrected chi connectivity index (χ0v) is 11.9. The van der Waals surface area contributed by atoms with Gasteiger partial charge in [0.1, 0.15) is 0 Å². The molecule has 0 aliphatic heterocycles. The Morgan fingerprint density at radius 3 is 0.941 bits per heavy atom. The van der Waals surface area contributed by atoms with Crippen molar-refractivity contribution in [3.63, 3.8) is 0 Å². The summed E-state index contributed by atoms with van der Waals surface area (Å²) in [6, 6.07) is 0. The highest BCUT2D eigenvalue weighted by Crippen LogP contribution is 2.18. The molecule has 17 heavy (non-hydrogen) atoms. The molecule has 0 aliphatic rings. The fourth-order valence-electron chi connectivity index (χ4n) is 0.433. The normalized spacial score (nSPS) is 9.18. The summed E-state index contributed by atoms with van der Waals surface area (Å²) in [4.78, 5) is 0. The molecule has 0 radical (unpaired) electrons. The fraction of sp³-hybridized carbons (Fsp3) is 1.00. The summed E-state index contributed by atoms with van der Waals surface area (Å²) >= 11 is 0. The lowest BCUT2D eigenvalue weighted by molar-refractivity contribution is 0.398. The summed E-state index contributed by atoms with van der Waals surface area (Å²) in [6.45, 7) is 15.7. The van der Waals surface area contributed by atoms with Gasteiger partial charge in [-0.2, -0.15) is 0 Å². The van der Waals surface area contributed by atoms with Gasteiger partial charge in [0.2, 0.25) is 0 Å². The Morgan fingerprint density at radius 1 is 0.706 bits per heavy atom. The topological polar surface area (TPSA) is 0 Å². The van der Waals surface area contributed by atoms with Crippen LogP contribution in [0.2, 0.25) is 0 Å². The zero-order chi connectivity index (χ0) is 11.1. The van der Waals surface area contributed by atoms with E-state index in [1.165, 1.54) is 19.0 Å². The molecule has 1 heteroatoms. The highest BCUT2D eigenvalue weighted by molar-refractivity contribution is 7.16. The predicted octanol–water partition coefficient (Wildman–Crippen LogP) is 7.28. The monoisotopic (exact) mass is 268 g/mol. The molecule has 0 nitrogen and oxygen atoms in total. The molecule has 0 aromatic heterocycles. The highest BCUT2D eigenvalue weighted by Gasteiger charge is 2.06. The lowest BCUT2D eigenvalue weighted by Gasteiger charge is -2.15. The molecule has 0 saturated carbocycles. The summed E-state index contributed by atoms with van der Waals surface area (Å²) in [5.41, 5.74) is 1.07. The van der Waals surface area contributed by atoms with Crippen molar-refractivity contribution in [2.75, 3.05) is 6.16 Å². The van der Waals surface area contributed by atoms with Gasteiger partial charge in [-0.05, 0) is 23.4 Å². The Morgan fingerprint density at radius 2 is 0.941 bits per heavy atom. The van der Waals surface area contributed by atoms with Crippen LogP contribution in [0.25, 0.3) is 0 Å². The van der Waals surface area contributed by atoms with Crippen LogP contribution >= 0.6 is 9.24 Å². The molecule has 0 saturated heterocycles. The van der Waals surface area contributed by atoms with Crippen LogP contribution in [0.5, 0.6) is 0 Å². The standard InChI is InChI=1S/C6H15P.C6H14.4CH4/c1-6(2,3)4-5-7;1-5-6(2,3)4;;;;/h4-5,7H2,1-3H3;5H2,1-4H3;4*1H4. The van der Waals surface area contributed by atoms with Crippen LogP contribution < -0.4 is 0 Å². The van der Waals surface area contributed by atoms with Crippen molar-refractivity contribution in [1.29, 1.82) is 0 Å². The molecule has 0 fully saturated rings. The van der Waals surface area contributed by atoms with E-state index in [-0.39, 0.29) is 29.7 Å². The van der Waals surface area contributed by atoms with Crippen molar-refractivity contribution in [3.8, 4) is 0 Å². The smallest absolute Gasteiger partial charge is 0.0376 e. The minimum atomic E-state index is 0. The van der Waals surface area contributed by atoms with E-state index in [1.54, 1.807) is 0 Å². The summed E-state index contributed by atoms with van der Waals surface area (Å²) in [6.07, 6.45) is 3.80. The van der Waals surface area contributed by atoms with E-state index in [0.29, 0.717) is 10.8 Å². The van der Waals surface area contributed by atoms with E-state index in [2.05, 4.69) is 57.7 Å². The molecule has 0 spiro atoms. The molecular formula is C16H45P. The van der Waals surface area contributed by atoms with Gasteiger partial charge in [0.15, 0.2) is 0 Å². The Balaban J connectivity index is -0.0000000290. The van der Waals surface area contributed by atoms with Crippen molar-refractivity contribution in [2.45, 2.75) is 91.0 Å². The largest absolute Gasteiger partial charge is 0.138 e. The molecule has 0 amide bonds. The lowest BCUT2D eigenvalue weighted by Crippen LogP contribution is -2.04. The Bertz CT molecular complexity index is 104. The molecule has 0 aromatic carbocycles. The molecule has 0 heterocycles. The minimum absolute atomic E-state index is 0. The number of hydrogen-bond acceptors (Lipinski definition) is 0. The van der Waals surface area contributed by atoms with Gasteiger partial charge in [0.25, 0.3) is 0 Å². The molecule has 0 bridgehead atoms. The minimum Gasteiger partial charge on any atom is -0.138 e. The van der Waals surface area contributed by atoms with Crippen LogP contribution in [-0.4, -0.2) is 6.16 Å².